The predicted octanol–water partition coefficient (Wildman–Crippen LogP) is 2.11. The number of amides is 1. The molecule has 8 heteroatoms. The Kier molecular flexibility index (Phi) is 5.73. The van der Waals surface area contributed by atoms with Crippen LogP contribution in [-0.4, -0.2) is 53.9 Å². The van der Waals surface area contributed by atoms with Gasteiger partial charge in [-0.1, -0.05) is 0 Å². The van der Waals surface area contributed by atoms with Crippen molar-refractivity contribution >= 4 is 17.5 Å². The zero-order valence-corrected chi connectivity index (χ0v) is 18.7. The van der Waals surface area contributed by atoms with Gasteiger partial charge in [-0.25, -0.2) is 4.79 Å². The van der Waals surface area contributed by atoms with Crippen LogP contribution in [0.3, 0.4) is 0 Å². The van der Waals surface area contributed by atoms with E-state index in [-0.39, 0.29) is 22.6 Å². The number of carbonyl (C=O) groups excluding carboxylic acids is 1. The van der Waals surface area contributed by atoms with E-state index in [0.29, 0.717) is 0 Å². The lowest BCUT2D eigenvalue weighted by molar-refractivity contribution is -0.496. The van der Waals surface area contributed by atoms with E-state index in [1.54, 1.807) is 0 Å². The topological polar surface area (TPSA) is 113 Å². The highest BCUT2D eigenvalue weighted by molar-refractivity contribution is 5.70. The van der Waals surface area contributed by atoms with Gasteiger partial charge in [-0.05, 0) is 47.5 Å². The largest absolute Gasteiger partial charge is 0.630 e. The van der Waals surface area contributed by atoms with E-state index in [0.717, 1.165) is 73.6 Å². The lowest BCUT2D eigenvalue weighted by Gasteiger charge is -2.54. The molecule has 3 aliphatic rings. The summed E-state index contributed by atoms with van der Waals surface area (Å²) in [6.45, 7) is 13.1. The van der Waals surface area contributed by atoms with E-state index in [1.807, 2.05) is 37.8 Å². The van der Waals surface area contributed by atoms with Crippen molar-refractivity contribution in [2.24, 2.45) is 5.41 Å². The standard InChI is InChI=1S/C22H33N3O4.H2O/c1-20(2,3)29-19(26)25-13-22(14-25)6-8-24(9-7-22)17-11-18-15(10-16(17)23-27)12-21(4,5)28-18;/h10-11H,6-9,12-14,23H2,1-5H3;1H2. The number of ether oxygens (including phenoxy) is 2. The molecular formula is C22H35N3O5. The molecule has 3 aliphatic heterocycles. The number of nitrogens with two attached hydrogens (primary N) is 1. The van der Waals surface area contributed by atoms with E-state index >= 15 is 0 Å². The van der Waals surface area contributed by atoms with E-state index < -0.39 is 5.60 Å². The van der Waals surface area contributed by atoms with Gasteiger partial charge in [0.05, 0.1) is 0 Å². The van der Waals surface area contributed by atoms with Crippen LogP contribution in [0.4, 0.5) is 16.2 Å². The Hall–Kier alpha value is -2.03. The molecule has 1 amide bonds. The summed E-state index contributed by atoms with van der Waals surface area (Å²) in [7, 11) is 0. The fraction of sp³-hybridized carbons (Fsp3) is 0.682. The van der Waals surface area contributed by atoms with Gasteiger partial charge in [0.15, 0.2) is 5.69 Å². The number of nitrogens with zero attached hydrogens (tertiary/aromatic N) is 2. The lowest BCUT2D eigenvalue weighted by atomic mass is 9.72. The van der Waals surface area contributed by atoms with E-state index in [4.69, 9.17) is 9.47 Å². The third-order valence-electron chi connectivity index (χ3n) is 6.21. The maximum Gasteiger partial charge on any atom is 0.410 e. The molecule has 4 N–H and O–H groups in total. The van der Waals surface area contributed by atoms with Crippen LogP contribution in [0, 0.1) is 10.6 Å². The molecule has 0 unspecified atom stereocenters. The minimum Gasteiger partial charge on any atom is -0.630 e. The second-order valence-corrected chi connectivity index (χ2v) is 10.5. The van der Waals surface area contributed by atoms with Crippen LogP contribution in [0.15, 0.2) is 12.1 Å². The third kappa shape index (κ3) is 4.36. The lowest BCUT2D eigenvalue weighted by Crippen LogP contribution is -2.70. The van der Waals surface area contributed by atoms with Crippen LogP contribution in [0.2, 0.25) is 0 Å². The highest BCUT2D eigenvalue weighted by Gasteiger charge is 2.48. The fourth-order valence-electron chi connectivity index (χ4n) is 4.78. The number of rotatable bonds is 2. The molecule has 1 aromatic carbocycles. The Labute approximate surface area is 178 Å². The summed E-state index contributed by atoms with van der Waals surface area (Å²) in [6, 6.07) is 4.03. The van der Waals surface area contributed by atoms with Crippen molar-refractivity contribution in [2.75, 3.05) is 31.1 Å². The zero-order chi connectivity index (χ0) is 21.0. The van der Waals surface area contributed by atoms with Crippen molar-refractivity contribution in [1.29, 1.82) is 0 Å². The number of likely N-dealkylation sites (tertiary alicyclic amines) is 1. The van der Waals surface area contributed by atoms with Gasteiger partial charge in [-0.3, -0.25) is 0 Å². The summed E-state index contributed by atoms with van der Waals surface area (Å²) in [5, 5.41) is 11.7. The SMILES string of the molecule is CC(C)(C)OC(=O)N1CC2(CCN(c3cc4c(cc3[NH2+][O-])CC(C)(C)O4)CC2)C1.O. The first-order valence-electron chi connectivity index (χ1n) is 10.5. The van der Waals surface area contributed by atoms with E-state index in [1.165, 1.54) is 0 Å². The molecular weight excluding hydrogens is 386 g/mol. The summed E-state index contributed by atoms with van der Waals surface area (Å²) in [4.78, 5) is 16.3. The van der Waals surface area contributed by atoms with Gasteiger partial charge in [-0.2, -0.15) is 0 Å². The van der Waals surface area contributed by atoms with Crippen molar-refractivity contribution in [3.63, 3.8) is 0 Å². The summed E-state index contributed by atoms with van der Waals surface area (Å²) >= 11 is 0. The van der Waals surface area contributed by atoms with Crippen LogP contribution in [0.25, 0.3) is 0 Å². The van der Waals surface area contributed by atoms with Crippen LogP contribution in [0.5, 0.6) is 5.75 Å². The maximum atomic E-state index is 12.2. The van der Waals surface area contributed by atoms with Crippen molar-refractivity contribution < 1.29 is 25.2 Å². The zero-order valence-electron chi connectivity index (χ0n) is 18.7. The highest BCUT2D eigenvalue weighted by atomic mass is 16.6. The van der Waals surface area contributed by atoms with Crippen molar-refractivity contribution in [3.05, 3.63) is 22.9 Å². The molecule has 30 heavy (non-hydrogen) atoms. The first-order chi connectivity index (χ1) is 13.5. The normalized spacial score (nSPS) is 21.4. The van der Waals surface area contributed by atoms with Gasteiger partial charge in [0.2, 0.25) is 0 Å². The number of hydrogen-bond donors (Lipinski definition) is 1. The molecule has 8 nitrogen and oxygen atoms in total. The Morgan fingerprint density at radius 3 is 2.40 bits per heavy atom. The fourth-order valence-corrected chi connectivity index (χ4v) is 4.78. The Bertz CT molecular complexity index is 802. The second kappa shape index (κ2) is 7.59. The molecule has 2 saturated heterocycles. The number of quaternary nitrogens is 1. The van der Waals surface area contributed by atoms with Gasteiger partial charge >= 0.3 is 6.09 Å². The summed E-state index contributed by atoms with van der Waals surface area (Å²) in [6.07, 6.45) is 2.63. The third-order valence-corrected chi connectivity index (χ3v) is 6.21. The van der Waals surface area contributed by atoms with Gasteiger partial charge in [0, 0.05) is 55.7 Å². The van der Waals surface area contributed by atoms with Gasteiger partial charge < -0.3 is 35.4 Å². The van der Waals surface area contributed by atoms with Crippen molar-refractivity contribution in [3.8, 4) is 5.75 Å². The molecule has 0 atom stereocenters. The smallest absolute Gasteiger partial charge is 0.410 e. The highest BCUT2D eigenvalue weighted by Crippen LogP contribution is 2.45. The summed E-state index contributed by atoms with van der Waals surface area (Å²) in [5.74, 6) is 0.899. The quantitative estimate of drug-likeness (QED) is 0.580. The Morgan fingerprint density at radius 2 is 1.83 bits per heavy atom. The minimum atomic E-state index is -0.460. The second-order valence-electron chi connectivity index (χ2n) is 10.5. The first-order valence-corrected chi connectivity index (χ1v) is 10.5. The molecule has 4 rings (SSSR count). The van der Waals surface area contributed by atoms with E-state index in [2.05, 4.69) is 18.7 Å². The summed E-state index contributed by atoms with van der Waals surface area (Å²) in [5.41, 5.74) is 3.28. The molecule has 0 bridgehead atoms. The average Bonchev–Trinajstić information content (AvgIpc) is 2.89. The number of hydrogen-bond acceptors (Lipinski definition) is 5. The Balaban J connectivity index is 0.00000256. The first kappa shape index (κ1) is 22.7. The number of piperidine rings is 1. The van der Waals surface area contributed by atoms with Crippen LogP contribution >= 0.6 is 0 Å². The van der Waals surface area contributed by atoms with Crippen molar-refractivity contribution in [1.82, 2.24) is 4.90 Å². The van der Waals surface area contributed by atoms with Crippen molar-refractivity contribution in [2.45, 2.75) is 65.1 Å². The van der Waals surface area contributed by atoms with Gasteiger partial charge in [0.25, 0.3) is 0 Å². The molecule has 1 aromatic rings. The summed E-state index contributed by atoms with van der Waals surface area (Å²) < 4.78 is 11.6. The van der Waals surface area contributed by atoms with Crippen LogP contribution in [-0.2, 0) is 11.2 Å². The number of carbonyl (C=O) groups is 1. The molecule has 2 fully saturated rings. The van der Waals surface area contributed by atoms with Crippen LogP contribution in [0.1, 0.15) is 53.0 Å². The van der Waals surface area contributed by atoms with Gasteiger partial charge in [-0.15, -0.1) is 0 Å². The predicted molar refractivity (Wildman–Crippen MR) is 115 cm³/mol. The molecule has 168 valence electrons. The number of benzene rings is 1. The molecule has 0 aliphatic carbocycles. The monoisotopic (exact) mass is 421 g/mol. The number of fused-ring (bicyclic) bond motifs is 1. The molecule has 3 heterocycles. The maximum absolute atomic E-state index is 12.2. The molecule has 0 saturated carbocycles. The minimum absolute atomic E-state index is 0. The molecule has 1 spiro atoms. The van der Waals surface area contributed by atoms with Crippen LogP contribution < -0.4 is 15.1 Å². The molecule has 0 aromatic heterocycles. The molecule has 0 radical (unpaired) electrons. The average molecular weight is 422 g/mol. The van der Waals surface area contributed by atoms with Gasteiger partial charge in [0.1, 0.15) is 22.6 Å². The Morgan fingerprint density at radius 1 is 1.20 bits per heavy atom. The van der Waals surface area contributed by atoms with E-state index in [9.17, 15) is 10.0 Å². The number of anilines is 1.